The molecule has 1 aromatic heterocycles. The Bertz CT molecular complexity index is 630. The number of benzene rings is 1. The molecule has 1 aliphatic heterocycles. The van der Waals surface area contributed by atoms with Crippen molar-refractivity contribution in [1.29, 1.82) is 0 Å². The maximum Gasteiger partial charge on any atom is 0.206 e. The van der Waals surface area contributed by atoms with Gasteiger partial charge in [0.2, 0.25) is 5.43 Å². The quantitative estimate of drug-likeness (QED) is 0.698. The first-order chi connectivity index (χ1) is 7.68. The first kappa shape index (κ1) is 10.1. The van der Waals surface area contributed by atoms with Gasteiger partial charge < -0.3 is 9.15 Å². The van der Waals surface area contributed by atoms with E-state index >= 15 is 0 Å². The molecule has 1 aromatic carbocycles. The second kappa shape index (κ2) is 3.48. The predicted molar refractivity (Wildman–Crippen MR) is 69.1 cm³/mol. The monoisotopic (exact) mass is 328 g/mol. The molecule has 1 aliphatic rings. The van der Waals surface area contributed by atoms with Crippen LogP contribution >= 0.6 is 22.6 Å². The summed E-state index contributed by atoms with van der Waals surface area (Å²) in [6, 6.07) is 3.63. The van der Waals surface area contributed by atoms with Crippen molar-refractivity contribution < 1.29 is 9.15 Å². The maximum atomic E-state index is 11.9. The molecule has 0 N–H and O–H groups in total. The fraction of sp³-hybridized carbons (Fsp3) is 0.250. The summed E-state index contributed by atoms with van der Waals surface area (Å²) >= 11 is 1.99. The summed E-state index contributed by atoms with van der Waals surface area (Å²) in [4.78, 5) is 11.9. The van der Waals surface area contributed by atoms with E-state index in [1.54, 1.807) is 6.07 Å². The van der Waals surface area contributed by atoms with Gasteiger partial charge in [0.05, 0.1) is 15.6 Å². The van der Waals surface area contributed by atoms with Crippen LogP contribution in [0.5, 0.6) is 5.75 Å². The lowest BCUT2D eigenvalue weighted by Crippen LogP contribution is -2.05. The van der Waals surface area contributed by atoms with Crippen LogP contribution in [0.25, 0.3) is 11.0 Å². The first-order valence-electron chi connectivity index (χ1n) is 5.05. The highest BCUT2D eigenvalue weighted by atomic mass is 127. The minimum atomic E-state index is 0.0313. The molecule has 2 heterocycles. The van der Waals surface area contributed by atoms with Crippen LogP contribution in [0.15, 0.2) is 27.6 Å². The minimum absolute atomic E-state index is 0.0313. The van der Waals surface area contributed by atoms with E-state index in [1.807, 2.05) is 28.7 Å². The van der Waals surface area contributed by atoms with Gasteiger partial charge in [-0.05, 0) is 34.7 Å². The Kier molecular flexibility index (Phi) is 2.20. The zero-order valence-electron chi connectivity index (χ0n) is 8.62. The average molecular weight is 328 g/mol. The molecule has 0 radical (unpaired) electrons. The summed E-state index contributed by atoms with van der Waals surface area (Å²) in [5.41, 5.74) is 1.72. The van der Waals surface area contributed by atoms with Gasteiger partial charge in [-0.15, -0.1) is 0 Å². The molecule has 4 heteroatoms. The number of halogens is 1. The van der Waals surface area contributed by atoms with Crippen LogP contribution in [0, 0.1) is 3.57 Å². The predicted octanol–water partition coefficient (Wildman–Crippen LogP) is 2.89. The second-order valence-corrected chi connectivity index (χ2v) is 5.14. The smallest absolute Gasteiger partial charge is 0.206 e. The van der Waals surface area contributed by atoms with Crippen LogP contribution in [-0.4, -0.2) is 6.61 Å². The van der Waals surface area contributed by atoms with E-state index in [-0.39, 0.29) is 11.3 Å². The van der Waals surface area contributed by atoms with Crippen LogP contribution in [0.2, 0.25) is 0 Å². The largest absolute Gasteiger partial charge is 0.493 e. The molecule has 0 aliphatic carbocycles. The molecule has 82 valence electrons. The zero-order chi connectivity index (χ0) is 11.3. The Morgan fingerprint density at radius 1 is 1.44 bits per heavy atom. The van der Waals surface area contributed by atoms with Gasteiger partial charge in [0.15, 0.2) is 0 Å². The average Bonchev–Trinajstić information content (AvgIpc) is 2.66. The van der Waals surface area contributed by atoms with Gasteiger partial charge in [-0.3, -0.25) is 4.79 Å². The Morgan fingerprint density at radius 2 is 2.25 bits per heavy atom. The Hall–Kier alpha value is -1.04. The standard InChI is InChI=1S/C12H9IO3/c1-6-4-15-9-3-2-7-11(14)8(13)5-16-12(7)10(6)9/h2-3,5-6H,4H2,1H3. The van der Waals surface area contributed by atoms with Crippen molar-refractivity contribution in [3.8, 4) is 5.75 Å². The van der Waals surface area contributed by atoms with Crippen molar-refractivity contribution in [3.05, 3.63) is 37.8 Å². The summed E-state index contributed by atoms with van der Waals surface area (Å²) in [5, 5.41) is 0.642. The molecule has 1 unspecified atom stereocenters. The van der Waals surface area contributed by atoms with Crippen molar-refractivity contribution in [2.24, 2.45) is 0 Å². The first-order valence-corrected chi connectivity index (χ1v) is 6.13. The Balaban J connectivity index is 2.47. The fourth-order valence-corrected chi connectivity index (χ4v) is 2.49. The van der Waals surface area contributed by atoms with Crippen molar-refractivity contribution in [3.63, 3.8) is 0 Å². The summed E-state index contributed by atoms with van der Waals surface area (Å²) in [5.74, 6) is 1.12. The molecule has 0 bridgehead atoms. The van der Waals surface area contributed by atoms with Gasteiger partial charge in [-0.25, -0.2) is 0 Å². The molecule has 2 aromatic rings. The lowest BCUT2D eigenvalue weighted by atomic mass is 10.0. The van der Waals surface area contributed by atoms with E-state index in [2.05, 4.69) is 6.92 Å². The minimum Gasteiger partial charge on any atom is -0.493 e. The molecule has 3 rings (SSSR count). The molecular formula is C12H9IO3. The highest BCUT2D eigenvalue weighted by Crippen LogP contribution is 2.38. The van der Waals surface area contributed by atoms with E-state index in [0.717, 1.165) is 11.3 Å². The lowest BCUT2D eigenvalue weighted by molar-refractivity contribution is 0.337. The third-order valence-electron chi connectivity index (χ3n) is 2.88. The molecule has 0 saturated carbocycles. The van der Waals surface area contributed by atoms with Gasteiger partial charge in [-0.1, -0.05) is 6.92 Å². The van der Waals surface area contributed by atoms with Crippen LogP contribution in [0.1, 0.15) is 18.4 Å². The van der Waals surface area contributed by atoms with Crippen LogP contribution < -0.4 is 10.2 Å². The van der Waals surface area contributed by atoms with Crippen molar-refractivity contribution >= 4 is 33.6 Å². The summed E-state index contributed by atoms with van der Waals surface area (Å²) in [7, 11) is 0. The second-order valence-electron chi connectivity index (χ2n) is 3.98. The van der Waals surface area contributed by atoms with Crippen molar-refractivity contribution in [2.45, 2.75) is 12.8 Å². The van der Waals surface area contributed by atoms with Crippen molar-refractivity contribution in [2.75, 3.05) is 6.61 Å². The number of hydrogen-bond donors (Lipinski definition) is 0. The van der Waals surface area contributed by atoms with E-state index in [9.17, 15) is 4.79 Å². The van der Waals surface area contributed by atoms with Crippen LogP contribution in [-0.2, 0) is 0 Å². The van der Waals surface area contributed by atoms with Gasteiger partial charge in [-0.2, -0.15) is 0 Å². The molecule has 0 fully saturated rings. The van der Waals surface area contributed by atoms with Crippen LogP contribution in [0.4, 0.5) is 0 Å². The Morgan fingerprint density at radius 3 is 3.06 bits per heavy atom. The van der Waals surface area contributed by atoms with Gasteiger partial charge in [0.1, 0.15) is 17.6 Å². The number of fused-ring (bicyclic) bond motifs is 3. The normalized spacial score (nSPS) is 18.5. The topological polar surface area (TPSA) is 39.4 Å². The molecule has 16 heavy (non-hydrogen) atoms. The van der Waals surface area contributed by atoms with E-state index in [4.69, 9.17) is 9.15 Å². The van der Waals surface area contributed by atoms with E-state index in [1.165, 1.54) is 6.26 Å². The number of ether oxygens (including phenoxy) is 1. The van der Waals surface area contributed by atoms with E-state index < -0.39 is 0 Å². The molecule has 3 nitrogen and oxygen atoms in total. The fourth-order valence-electron chi connectivity index (χ4n) is 2.07. The molecule has 0 saturated heterocycles. The molecule has 1 atom stereocenters. The third-order valence-corrected chi connectivity index (χ3v) is 3.62. The van der Waals surface area contributed by atoms with Gasteiger partial charge in [0, 0.05) is 11.5 Å². The molecule has 0 spiro atoms. The summed E-state index contributed by atoms with van der Waals surface area (Å²) in [6.45, 7) is 2.73. The van der Waals surface area contributed by atoms with Gasteiger partial charge in [0.25, 0.3) is 0 Å². The SMILES string of the molecule is CC1COc2ccc3c(=O)c(I)coc3c21. The Labute approximate surface area is 106 Å². The highest BCUT2D eigenvalue weighted by molar-refractivity contribution is 14.1. The molecular weight excluding hydrogens is 319 g/mol. The summed E-state index contributed by atoms with van der Waals surface area (Å²) < 4.78 is 11.7. The third kappa shape index (κ3) is 1.29. The maximum absolute atomic E-state index is 11.9. The number of hydrogen-bond acceptors (Lipinski definition) is 3. The lowest BCUT2D eigenvalue weighted by Gasteiger charge is -2.04. The highest BCUT2D eigenvalue weighted by Gasteiger charge is 2.25. The van der Waals surface area contributed by atoms with Crippen LogP contribution in [0.3, 0.4) is 0 Å². The van der Waals surface area contributed by atoms with Crippen molar-refractivity contribution in [1.82, 2.24) is 0 Å². The zero-order valence-corrected chi connectivity index (χ0v) is 10.8. The van der Waals surface area contributed by atoms with Gasteiger partial charge >= 0.3 is 0 Å². The molecule has 0 amide bonds. The van der Waals surface area contributed by atoms with E-state index in [0.29, 0.717) is 21.1 Å². The number of rotatable bonds is 0. The summed E-state index contributed by atoms with van der Waals surface area (Å²) in [6.07, 6.45) is 1.51.